The highest BCUT2D eigenvalue weighted by Gasteiger charge is 2.17. The van der Waals surface area contributed by atoms with Crippen molar-refractivity contribution in [1.29, 1.82) is 5.26 Å². The van der Waals surface area contributed by atoms with Gasteiger partial charge < -0.3 is 14.8 Å². The van der Waals surface area contributed by atoms with Gasteiger partial charge in [-0.15, -0.1) is 0 Å². The van der Waals surface area contributed by atoms with Gasteiger partial charge in [0.25, 0.3) is 0 Å². The average molecular weight is 315 g/mol. The molecule has 1 saturated heterocycles. The van der Waals surface area contributed by atoms with Crippen molar-refractivity contribution < 1.29 is 13.9 Å². The second-order valence-corrected chi connectivity index (χ2v) is 4.64. The molecule has 0 radical (unpaired) electrons. The molecule has 18 heavy (non-hydrogen) atoms. The van der Waals surface area contributed by atoms with E-state index in [1.54, 1.807) is 0 Å². The maximum atomic E-state index is 13.7. The monoisotopic (exact) mass is 314 g/mol. The van der Waals surface area contributed by atoms with Crippen LogP contribution in [0.4, 0.5) is 4.39 Å². The van der Waals surface area contributed by atoms with Crippen molar-refractivity contribution in [3.63, 3.8) is 0 Å². The van der Waals surface area contributed by atoms with Gasteiger partial charge >= 0.3 is 0 Å². The topological polar surface area (TPSA) is 54.3 Å². The number of nitrogens with one attached hydrogen (secondary N) is 1. The molecular formula is C12H12BrFN2O2. The first-order valence-corrected chi connectivity index (χ1v) is 6.35. The fraction of sp³-hybridized carbons (Fsp3) is 0.417. The lowest BCUT2D eigenvalue weighted by Gasteiger charge is -2.27. The molecule has 96 valence electrons. The predicted molar refractivity (Wildman–Crippen MR) is 66.9 cm³/mol. The second kappa shape index (κ2) is 6.14. The Morgan fingerprint density at radius 3 is 2.83 bits per heavy atom. The summed E-state index contributed by atoms with van der Waals surface area (Å²) in [6.45, 7) is 2.42. The number of ether oxygens (including phenoxy) is 2. The Morgan fingerprint density at radius 1 is 1.44 bits per heavy atom. The Morgan fingerprint density at radius 2 is 2.22 bits per heavy atom. The molecule has 0 amide bonds. The van der Waals surface area contributed by atoms with Crippen LogP contribution < -0.4 is 10.1 Å². The van der Waals surface area contributed by atoms with Crippen LogP contribution in [0.1, 0.15) is 5.56 Å². The van der Waals surface area contributed by atoms with Crippen LogP contribution in [0.3, 0.4) is 0 Å². The minimum atomic E-state index is -0.556. The third kappa shape index (κ3) is 2.99. The molecule has 0 spiro atoms. The average Bonchev–Trinajstić information content (AvgIpc) is 2.32. The van der Waals surface area contributed by atoms with E-state index in [-0.39, 0.29) is 28.5 Å². The second-order valence-electron chi connectivity index (χ2n) is 3.85. The van der Waals surface area contributed by atoms with Crippen molar-refractivity contribution in [3.05, 3.63) is 28.0 Å². The van der Waals surface area contributed by atoms with Crippen molar-refractivity contribution in [3.8, 4) is 11.8 Å². The molecule has 6 heteroatoms. The molecule has 0 aromatic heterocycles. The van der Waals surface area contributed by atoms with E-state index in [0.717, 1.165) is 13.1 Å². The van der Waals surface area contributed by atoms with E-state index in [0.29, 0.717) is 6.61 Å². The molecule has 4 nitrogen and oxygen atoms in total. The fourth-order valence-electron chi connectivity index (χ4n) is 1.48. The number of halogens is 2. The lowest BCUT2D eigenvalue weighted by Crippen LogP contribution is -2.48. The Kier molecular flexibility index (Phi) is 4.53. The third-order valence-electron chi connectivity index (χ3n) is 2.61. The molecule has 1 fully saturated rings. The van der Waals surface area contributed by atoms with Gasteiger partial charge in [0.1, 0.15) is 12.7 Å². The van der Waals surface area contributed by atoms with Gasteiger partial charge in [0.05, 0.1) is 22.7 Å². The van der Waals surface area contributed by atoms with Crippen molar-refractivity contribution in [2.24, 2.45) is 0 Å². The Hall–Kier alpha value is -1.16. The molecule has 1 N–H and O–H groups in total. The summed E-state index contributed by atoms with van der Waals surface area (Å²) >= 11 is 3.03. The number of benzene rings is 1. The maximum absolute atomic E-state index is 13.7. The SMILES string of the molecule is N#Cc1ccc(OCCOC2CNC2)c(F)c1Br. The van der Waals surface area contributed by atoms with Crippen molar-refractivity contribution in [2.45, 2.75) is 6.10 Å². The first-order chi connectivity index (χ1) is 8.72. The van der Waals surface area contributed by atoms with Gasteiger partial charge in [-0.2, -0.15) is 5.26 Å². The first kappa shape index (κ1) is 13.3. The van der Waals surface area contributed by atoms with Gasteiger partial charge in [-0.25, -0.2) is 4.39 Å². The summed E-state index contributed by atoms with van der Waals surface area (Å²) in [5.41, 5.74) is 0.247. The number of nitrogens with zero attached hydrogens (tertiary/aromatic N) is 1. The maximum Gasteiger partial charge on any atom is 0.180 e. The van der Waals surface area contributed by atoms with Crippen molar-refractivity contribution in [1.82, 2.24) is 5.32 Å². The largest absolute Gasteiger partial charge is 0.488 e. The van der Waals surface area contributed by atoms with Crippen LogP contribution in [0, 0.1) is 17.1 Å². The van der Waals surface area contributed by atoms with Gasteiger partial charge in [-0.05, 0) is 28.1 Å². The number of rotatable bonds is 5. The quantitative estimate of drug-likeness (QED) is 0.842. The molecule has 1 aliphatic rings. The molecule has 0 unspecified atom stereocenters. The fourth-order valence-corrected chi connectivity index (χ4v) is 1.89. The van der Waals surface area contributed by atoms with Crippen LogP contribution in [0.15, 0.2) is 16.6 Å². The summed E-state index contributed by atoms with van der Waals surface area (Å²) in [5, 5.41) is 11.8. The highest BCUT2D eigenvalue weighted by Crippen LogP contribution is 2.28. The zero-order valence-electron chi connectivity index (χ0n) is 9.58. The zero-order valence-corrected chi connectivity index (χ0v) is 11.2. The lowest BCUT2D eigenvalue weighted by atomic mass is 10.2. The van der Waals surface area contributed by atoms with E-state index in [2.05, 4.69) is 21.2 Å². The molecule has 2 rings (SSSR count). The molecule has 0 saturated carbocycles. The Bertz CT molecular complexity index is 472. The normalized spacial score (nSPS) is 14.9. The van der Waals surface area contributed by atoms with Crippen molar-refractivity contribution >= 4 is 15.9 Å². The van der Waals surface area contributed by atoms with E-state index in [1.165, 1.54) is 12.1 Å². The summed E-state index contributed by atoms with van der Waals surface area (Å²) < 4.78 is 24.6. The minimum Gasteiger partial charge on any atom is -0.488 e. The Labute approximate surface area is 113 Å². The van der Waals surface area contributed by atoms with Crippen LogP contribution >= 0.6 is 15.9 Å². The molecule has 1 aliphatic heterocycles. The summed E-state index contributed by atoms with van der Waals surface area (Å²) in [5.74, 6) is -0.435. The van der Waals surface area contributed by atoms with E-state index in [4.69, 9.17) is 14.7 Å². The lowest BCUT2D eigenvalue weighted by molar-refractivity contribution is 0.00408. The van der Waals surface area contributed by atoms with E-state index < -0.39 is 5.82 Å². The van der Waals surface area contributed by atoms with Gasteiger partial charge in [0.15, 0.2) is 11.6 Å². The van der Waals surface area contributed by atoms with Crippen LogP contribution in [-0.2, 0) is 4.74 Å². The van der Waals surface area contributed by atoms with Gasteiger partial charge in [-0.1, -0.05) is 0 Å². The van der Waals surface area contributed by atoms with E-state index >= 15 is 0 Å². The van der Waals surface area contributed by atoms with Crippen molar-refractivity contribution in [2.75, 3.05) is 26.3 Å². The number of hydrogen-bond acceptors (Lipinski definition) is 4. The minimum absolute atomic E-state index is 0.121. The molecular weight excluding hydrogens is 303 g/mol. The van der Waals surface area contributed by atoms with Crippen LogP contribution in [0.5, 0.6) is 5.75 Å². The van der Waals surface area contributed by atoms with Gasteiger partial charge in [0.2, 0.25) is 0 Å². The predicted octanol–water partition coefficient (Wildman–Crippen LogP) is 1.83. The number of nitriles is 1. The molecule has 0 bridgehead atoms. The van der Waals surface area contributed by atoms with Gasteiger partial charge in [0, 0.05) is 13.1 Å². The molecule has 1 heterocycles. The summed E-state index contributed by atoms with van der Waals surface area (Å²) in [6, 6.07) is 4.85. The highest BCUT2D eigenvalue weighted by molar-refractivity contribution is 9.10. The molecule has 0 atom stereocenters. The molecule has 1 aromatic rings. The summed E-state index contributed by atoms with van der Waals surface area (Å²) in [4.78, 5) is 0. The van der Waals surface area contributed by atoms with E-state index in [1.807, 2.05) is 6.07 Å². The number of hydrogen-bond donors (Lipinski definition) is 1. The smallest absolute Gasteiger partial charge is 0.180 e. The van der Waals surface area contributed by atoms with Gasteiger partial charge in [-0.3, -0.25) is 0 Å². The van der Waals surface area contributed by atoms with Crippen LogP contribution in [0.25, 0.3) is 0 Å². The zero-order chi connectivity index (χ0) is 13.0. The first-order valence-electron chi connectivity index (χ1n) is 5.55. The molecule has 0 aliphatic carbocycles. The standard InChI is InChI=1S/C12H12BrFN2O2/c13-11-8(5-15)1-2-10(12(11)14)18-4-3-17-9-6-16-7-9/h1-2,9,16H,3-4,6-7H2. The van der Waals surface area contributed by atoms with Crippen LogP contribution in [-0.4, -0.2) is 32.4 Å². The Balaban J connectivity index is 1.85. The summed E-state index contributed by atoms with van der Waals surface area (Å²) in [7, 11) is 0. The van der Waals surface area contributed by atoms with E-state index in [9.17, 15) is 4.39 Å². The third-order valence-corrected chi connectivity index (χ3v) is 3.38. The van der Waals surface area contributed by atoms with Crippen LogP contribution in [0.2, 0.25) is 0 Å². The highest BCUT2D eigenvalue weighted by atomic mass is 79.9. The molecule has 1 aromatic carbocycles. The summed E-state index contributed by atoms with van der Waals surface area (Å²) in [6.07, 6.45) is 0.242.